The first-order valence-corrected chi connectivity index (χ1v) is 5.28. The molecule has 0 aliphatic heterocycles. The summed E-state index contributed by atoms with van der Waals surface area (Å²) in [7, 11) is 1.56. The topological polar surface area (TPSA) is 9.23 Å². The van der Waals surface area contributed by atoms with Crippen LogP contribution in [0.2, 0.25) is 0 Å². The van der Waals surface area contributed by atoms with E-state index in [4.69, 9.17) is 4.74 Å². The number of hydrogen-bond donors (Lipinski definition) is 0. The number of ether oxygens (including phenoxy) is 1. The molecule has 1 nitrogen and oxygen atoms in total. The molecule has 1 rings (SSSR count). The molecular formula is C8H8BrFOS. The highest BCUT2D eigenvalue weighted by Gasteiger charge is 2.06. The van der Waals surface area contributed by atoms with Crippen LogP contribution in [0.25, 0.3) is 0 Å². The molecule has 0 heterocycles. The molecular weight excluding hydrogens is 243 g/mol. The first-order chi connectivity index (χ1) is 5.69. The van der Waals surface area contributed by atoms with Crippen LogP contribution >= 0.6 is 27.7 Å². The third-order valence-corrected chi connectivity index (χ3v) is 2.80. The average Bonchev–Trinajstić information content (AvgIpc) is 2.05. The van der Waals surface area contributed by atoms with Crippen LogP contribution in [-0.2, 0) is 0 Å². The molecule has 1 aromatic carbocycles. The van der Waals surface area contributed by atoms with E-state index in [-0.39, 0.29) is 5.82 Å². The minimum absolute atomic E-state index is 0.227. The van der Waals surface area contributed by atoms with Crippen molar-refractivity contribution in [3.05, 3.63) is 22.4 Å². The van der Waals surface area contributed by atoms with Crippen LogP contribution in [-0.4, -0.2) is 13.4 Å². The molecule has 0 aromatic heterocycles. The standard InChI is InChI=1S/C8H8BrFOS/c1-11-7-4-8(12-2)6(10)3-5(7)9/h3-4H,1-2H3. The predicted octanol–water partition coefficient (Wildman–Crippen LogP) is 3.32. The van der Waals surface area contributed by atoms with Crippen LogP contribution < -0.4 is 4.74 Å². The number of methoxy groups -OCH3 is 1. The van der Waals surface area contributed by atoms with Crippen LogP contribution in [0.5, 0.6) is 5.75 Å². The maximum absolute atomic E-state index is 13.1. The van der Waals surface area contributed by atoms with E-state index in [2.05, 4.69) is 15.9 Å². The van der Waals surface area contributed by atoms with Crippen molar-refractivity contribution >= 4 is 27.7 Å². The van der Waals surface area contributed by atoms with Crippen molar-refractivity contribution in [2.75, 3.05) is 13.4 Å². The van der Waals surface area contributed by atoms with Gasteiger partial charge in [-0.25, -0.2) is 4.39 Å². The molecule has 0 atom stereocenters. The van der Waals surface area contributed by atoms with Crippen molar-refractivity contribution in [3.63, 3.8) is 0 Å². The maximum atomic E-state index is 13.1. The number of thioether (sulfide) groups is 1. The lowest BCUT2D eigenvalue weighted by molar-refractivity contribution is 0.409. The lowest BCUT2D eigenvalue weighted by atomic mass is 10.3. The summed E-state index contributed by atoms with van der Waals surface area (Å²) < 4.78 is 18.7. The van der Waals surface area contributed by atoms with Crippen LogP contribution in [0.15, 0.2) is 21.5 Å². The highest BCUT2D eigenvalue weighted by Crippen LogP contribution is 2.31. The Hall–Kier alpha value is -0.220. The third-order valence-electron chi connectivity index (χ3n) is 1.43. The lowest BCUT2D eigenvalue weighted by Gasteiger charge is -2.05. The van der Waals surface area contributed by atoms with E-state index < -0.39 is 0 Å². The fraction of sp³-hybridized carbons (Fsp3) is 0.250. The molecule has 12 heavy (non-hydrogen) atoms. The molecule has 0 aliphatic carbocycles. The summed E-state index contributed by atoms with van der Waals surface area (Å²) in [4.78, 5) is 0.593. The van der Waals surface area contributed by atoms with Gasteiger partial charge in [-0.15, -0.1) is 11.8 Å². The first-order valence-electron chi connectivity index (χ1n) is 3.26. The van der Waals surface area contributed by atoms with Crippen LogP contribution in [0.4, 0.5) is 4.39 Å². The molecule has 0 radical (unpaired) electrons. The Labute approximate surface area is 83.4 Å². The van der Waals surface area contributed by atoms with Gasteiger partial charge in [0.05, 0.1) is 11.6 Å². The second-order valence-corrected chi connectivity index (χ2v) is 3.82. The van der Waals surface area contributed by atoms with Gasteiger partial charge < -0.3 is 4.74 Å². The monoisotopic (exact) mass is 250 g/mol. The molecule has 0 amide bonds. The molecule has 0 saturated heterocycles. The molecule has 66 valence electrons. The minimum atomic E-state index is -0.227. The maximum Gasteiger partial charge on any atom is 0.138 e. The Morgan fingerprint density at radius 1 is 1.50 bits per heavy atom. The molecule has 0 unspecified atom stereocenters. The number of halogens is 2. The van der Waals surface area contributed by atoms with Crippen LogP contribution in [0.1, 0.15) is 0 Å². The molecule has 4 heteroatoms. The third kappa shape index (κ3) is 1.93. The van der Waals surface area contributed by atoms with E-state index in [1.54, 1.807) is 13.2 Å². The highest BCUT2D eigenvalue weighted by molar-refractivity contribution is 9.10. The van der Waals surface area contributed by atoms with E-state index >= 15 is 0 Å². The van der Waals surface area contributed by atoms with Crippen molar-refractivity contribution in [1.29, 1.82) is 0 Å². The second-order valence-electron chi connectivity index (χ2n) is 2.12. The largest absolute Gasteiger partial charge is 0.496 e. The fourth-order valence-corrected chi connectivity index (χ4v) is 1.78. The Bertz CT molecular complexity index is 265. The lowest BCUT2D eigenvalue weighted by Crippen LogP contribution is -1.87. The Morgan fingerprint density at radius 3 is 2.67 bits per heavy atom. The second kappa shape index (κ2) is 4.14. The number of hydrogen-bond acceptors (Lipinski definition) is 2. The SMILES string of the molecule is COc1cc(SC)c(F)cc1Br. The van der Waals surface area contributed by atoms with Gasteiger partial charge in [0, 0.05) is 4.90 Å². The van der Waals surface area contributed by atoms with Crippen molar-refractivity contribution in [2.24, 2.45) is 0 Å². The summed E-state index contributed by atoms with van der Waals surface area (Å²) in [5.41, 5.74) is 0. The van der Waals surface area contributed by atoms with Gasteiger partial charge in [-0.2, -0.15) is 0 Å². The Balaban J connectivity index is 3.18. The summed E-state index contributed by atoms with van der Waals surface area (Å²) in [6.45, 7) is 0. The molecule has 0 fully saturated rings. The summed E-state index contributed by atoms with van der Waals surface area (Å²) >= 11 is 4.55. The molecule has 0 bridgehead atoms. The summed E-state index contributed by atoms with van der Waals surface area (Å²) in [5, 5.41) is 0. The van der Waals surface area contributed by atoms with E-state index in [9.17, 15) is 4.39 Å². The number of benzene rings is 1. The molecule has 0 spiro atoms. The van der Waals surface area contributed by atoms with Gasteiger partial charge in [0.25, 0.3) is 0 Å². The zero-order valence-electron chi connectivity index (χ0n) is 6.73. The molecule has 0 aliphatic rings. The van der Waals surface area contributed by atoms with Crippen LogP contribution in [0.3, 0.4) is 0 Å². The van der Waals surface area contributed by atoms with Gasteiger partial charge >= 0.3 is 0 Å². The quantitative estimate of drug-likeness (QED) is 0.745. The van der Waals surface area contributed by atoms with Gasteiger partial charge in [0.15, 0.2) is 0 Å². The van der Waals surface area contributed by atoms with E-state index in [0.29, 0.717) is 15.1 Å². The zero-order valence-corrected chi connectivity index (χ0v) is 9.13. The van der Waals surface area contributed by atoms with Crippen molar-refractivity contribution in [1.82, 2.24) is 0 Å². The first kappa shape index (κ1) is 9.86. The fourth-order valence-electron chi connectivity index (χ4n) is 0.823. The average molecular weight is 251 g/mol. The smallest absolute Gasteiger partial charge is 0.138 e. The summed E-state index contributed by atoms with van der Waals surface area (Å²) in [5.74, 6) is 0.427. The minimum Gasteiger partial charge on any atom is -0.496 e. The Kier molecular flexibility index (Phi) is 3.40. The summed E-state index contributed by atoms with van der Waals surface area (Å²) in [6, 6.07) is 3.08. The Morgan fingerprint density at radius 2 is 2.17 bits per heavy atom. The van der Waals surface area contributed by atoms with E-state index in [1.807, 2.05) is 6.26 Å². The highest BCUT2D eigenvalue weighted by atomic mass is 79.9. The van der Waals surface area contributed by atoms with Crippen molar-refractivity contribution in [2.45, 2.75) is 4.90 Å². The van der Waals surface area contributed by atoms with Gasteiger partial charge in [-0.3, -0.25) is 0 Å². The predicted molar refractivity (Wildman–Crippen MR) is 52.4 cm³/mol. The normalized spacial score (nSPS) is 10.0. The molecule has 0 N–H and O–H groups in total. The van der Waals surface area contributed by atoms with Crippen molar-refractivity contribution < 1.29 is 9.13 Å². The summed E-state index contributed by atoms with van der Waals surface area (Å²) in [6.07, 6.45) is 1.83. The van der Waals surface area contributed by atoms with Gasteiger partial charge in [0.1, 0.15) is 11.6 Å². The van der Waals surface area contributed by atoms with E-state index in [0.717, 1.165) is 0 Å². The molecule has 1 aromatic rings. The van der Waals surface area contributed by atoms with E-state index in [1.165, 1.54) is 17.8 Å². The van der Waals surface area contributed by atoms with Gasteiger partial charge in [0.2, 0.25) is 0 Å². The molecule has 0 saturated carbocycles. The zero-order chi connectivity index (χ0) is 9.14. The number of rotatable bonds is 2. The van der Waals surface area contributed by atoms with Crippen LogP contribution in [0, 0.1) is 5.82 Å². The van der Waals surface area contributed by atoms with Gasteiger partial charge in [-0.1, -0.05) is 0 Å². The van der Waals surface area contributed by atoms with Gasteiger partial charge in [-0.05, 0) is 34.3 Å². The van der Waals surface area contributed by atoms with Crippen molar-refractivity contribution in [3.8, 4) is 5.75 Å².